The van der Waals surface area contributed by atoms with Gasteiger partial charge in [-0.15, -0.1) is 0 Å². The fourth-order valence-electron chi connectivity index (χ4n) is 4.05. The van der Waals surface area contributed by atoms with Crippen molar-refractivity contribution in [1.82, 2.24) is 10.6 Å². The van der Waals surface area contributed by atoms with Crippen LogP contribution >= 0.6 is 0 Å². The first-order valence-electron chi connectivity index (χ1n) is 10.5. The average Bonchev–Trinajstić information content (AvgIpc) is 3.19. The van der Waals surface area contributed by atoms with Crippen LogP contribution in [-0.2, 0) is 19.0 Å². The predicted molar refractivity (Wildman–Crippen MR) is 109 cm³/mol. The predicted octanol–water partition coefficient (Wildman–Crippen LogP) is 3.62. The van der Waals surface area contributed by atoms with Gasteiger partial charge in [-0.25, -0.2) is 4.79 Å². The number of hydrogen-bond acceptors (Lipinski definition) is 6. The summed E-state index contributed by atoms with van der Waals surface area (Å²) in [6, 6.07) is 17.7. The average molecular weight is 450 g/mol. The summed E-state index contributed by atoms with van der Waals surface area (Å²) in [7, 11) is 0. The molecule has 2 heterocycles. The lowest BCUT2D eigenvalue weighted by atomic mass is 9.95. The third-order valence-electron chi connectivity index (χ3n) is 5.62. The van der Waals surface area contributed by atoms with E-state index in [1.165, 1.54) is 0 Å². The van der Waals surface area contributed by atoms with Crippen LogP contribution in [0, 0.1) is 0 Å². The van der Waals surface area contributed by atoms with Gasteiger partial charge in [0.1, 0.15) is 6.61 Å². The summed E-state index contributed by atoms with van der Waals surface area (Å²) in [5.41, 5.74) is 1.68. The molecule has 0 saturated carbocycles. The van der Waals surface area contributed by atoms with E-state index in [0.29, 0.717) is 26.1 Å². The second-order valence-corrected chi connectivity index (χ2v) is 7.90. The van der Waals surface area contributed by atoms with E-state index in [2.05, 4.69) is 10.6 Å². The fraction of sp³-hybridized carbons (Fsp3) is 0.435. The fourth-order valence-corrected chi connectivity index (χ4v) is 4.05. The third kappa shape index (κ3) is 5.29. The van der Waals surface area contributed by atoms with Crippen LogP contribution in [0.2, 0.25) is 0 Å². The zero-order chi connectivity index (χ0) is 22.6. The molecule has 0 aliphatic carbocycles. The Hall–Kier alpha value is -2.46. The lowest BCUT2D eigenvalue weighted by Crippen LogP contribution is -2.58. The Morgan fingerprint density at radius 3 is 1.91 bits per heavy atom. The SMILES string of the molecule is O=C(OC1(COC2CCOCC2)NC(c2ccccc2)C(c2ccccc2)N1)C(F)(F)F. The molecule has 2 fully saturated rings. The van der Waals surface area contributed by atoms with Gasteiger partial charge in [-0.3, -0.25) is 10.6 Å². The number of rotatable bonds is 6. The Morgan fingerprint density at radius 2 is 1.44 bits per heavy atom. The highest BCUT2D eigenvalue weighted by Crippen LogP contribution is 2.38. The minimum absolute atomic E-state index is 0.195. The number of alkyl halides is 3. The maximum absolute atomic E-state index is 13.1. The van der Waals surface area contributed by atoms with Crippen molar-refractivity contribution in [2.75, 3.05) is 19.8 Å². The first-order chi connectivity index (χ1) is 15.4. The van der Waals surface area contributed by atoms with E-state index in [4.69, 9.17) is 14.2 Å². The number of nitrogens with one attached hydrogen (secondary N) is 2. The molecule has 32 heavy (non-hydrogen) atoms. The van der Waals surface area contributed by atoms with Crippen molar-refractivity contribution in [3.63, 3.8) is 0 Å². The highest BCUT2D eigenvalue weighted by atomic mass is 19.4. The molecule has 2 unspecified atom stereocenters. The monoisotopic (exact) mass is 450 g/mol. The van der Waals surface area contributed by atoms with E-state index in [9.17, 15) is 18.0 Å². The number of carbonyl (C=O) groups is 1. The van der Waals surface area contributed by atoms with Gasteiger partial charge in [0.2, 0.25) is 5.85 Å². The largest absolute Gasteiger partial charge is 0.491 e. The van der Waals surface area contributed by atoms with Gasteiger partial charge in [-0.1, -0.05) is 60.7 Å². The molecule has 2 aromatic rings. The van der Waals surface area contributed by atoms with Crippen molar-refractivity contribution in [3.05, 3.63) is 71.8 Å². The van der Waals surface area contributed by atoms with Crippen molar-refractivity contribution >= 4 is 5.97 Å². The lowest BCUT2D eigenvalue weighted by molar-refractivity contribution is -0.226. The first-order valence-corrected chi connectivity index (χ1v) is 10.5. The Bertz CT molecular complexity index is 842. The molecule has 172 valence electrons. The van der Waals surface area contributed by atoms with Gasteiger partial charge < -0.3 is 14.2 Å². The Morgan fingerprint density at radius 1 is 0.938 bits per heavy atom. The van der Waals surface area contributed by atoms with Crippen LogP contribution in [0.4, 0.5) is 13.2 Å². The maximum atomic E-state index is 13.1. The van der Waals surface area contributed by atoms with Gasteiger partial charge in [-0.2, -0.15) is 13.2 Å². The van der Waals surface area contributed by atoms with Gasteiger partial charge in [0.15, 0.2) is 0 Å². The lowest BCUT2D eigenvalue weighted by Gasteiger charge is -2.33. The van der Waals surface area contributed by atoms with E-state index in [1.54, 1.807) is 0 Å². The van der Waals surface area contributed by atoms with Crippen LogP contribution in [0.15, 0.2) is 60.7 Å². The molecule has 2 N–H and O–H groups in total. The van der Waals surface area contributed by atoms with E-state index in [1.807, 2.05) is 60.7 Å². The van der Waals surface area contributed by atoms with Gasteiger partial charge in [-0.05, 0) is 24.0 Å². The molecular formula is C23H25F3N2O4. The molecule has 2 atom stereocenters. The van der Waals surface area contributed by atoms with E-state index in [0.717, 1.165) is 11.1 Å². The molecule has 0 amide bonds. The third-order valence-corrected chi connectivity index (χ3v) is 5.62. The van der Waals surface area contributed by atoms with Crippen molar-refractivity contribution < 1.29 is 32.2 Å². The summed E-state index contributed by atoms with van der Waals surface area (Å²) in [6.45, 7) is 0.743. The first kappa shape index (κ1) is 22.7. The quantitative estimate of drug-likeness (QED) is 0.656. The summed E-state index contributed by atoms with van der Waals surface area (Å²) >= 11 is 0. The molecule has 4 rings (SSSR count). The van der Waals surface area contributed by atoms with Crippen molar-refractivity contribution in [1.29, 1.82) is 0 Å². The molecule has 6 nitrogen and oxygen atoms in total. The van der Waals surface area contributed by atoms with Crippen molar-refractivity contribution in [3.8, 4) is 0 Å². The van der Waals surface area contributed by atoms with E-state index < -0.39 is 30.1 Å². The maximum Gasteiger partial charge on any atom is 0.491 e. The highest BCUT2D eigenvalue weighted by molar-refractivity contribution is 5.76. The second-order valence-electron chi connectivity index (χ2n) is 7.90. The van der Waals surface area contributed by atoms with Crippen LogP contribution in [0.5, 0.6) is 0 Å². The van der Waals surface area contributed by atoms with Crippen LogP contribution in [0.1, 0.15) is 36.1 Å². The summed E-state index contributed by atoms with van der Waals surface area (Å²) in [5.74, 6) is -4.14. The molecule has 0 spiro atoms. The van der Waals surface area contributed by atoms with Gasteiger partial charge >= 0.3 is 12.1 Å². The van der Waals surface area contributed by atoms with Gasteiger partial charge in [0.25, 0.3) is 0 Å². The number of hydrogen-bond donors (Lipinski definition) is 2. The van der Waals surface area contributed by atoms with Gasteiger partial charge in [0, 0.05) is 13.2 Å². The van der Waals surface area contributed by atoms with E-state index in [-0.39, 0.29) is 12.7 Å². The molecule has 2 aromatic carbocycles. The van der Waals surface area contributed by atoms with Crippen molar-refractivity contribution in [2.24, 2.45) is 0 Å². The smallest absolute Gasteiger partial charge is 0.421 e. The number of benzene rings is 2. The standard InChI is InChI=1S/C23H25F3N2O4/c24-23(25,26)21(29)32-22(15-31-18-11-13-30-14-12-18)27-19(16-7-3-1-4-8-16)20(28-22)17-9-5-2-6-10-17/h1-10,18-20,27-28H,11-15H2. The summed E-state index contributed by atoms with van der Waals surface area (Å²) in [4.78, 5) is 11.9. The van der Waals surface area contributed by atoms with Crippen LogP contribution in [0.3, 0.4) is 0 Å². The molecule has 2 aliphatic rings. The Labute approximate surface area is 184 Å². The van der Waals surface area contributed by atoms with Crippen LogP contribution in [0.25, 0.3) is 0 Å². The second kappa shape index (κ2) is 9.58. The molecule has 0 bridgehead atoms. The summed E-state index contributed by atoms with van der Waals surface area (Å²) < 4.78 is 55.6. The number of ether oxygens (including phenoxy) is 3. The molecule has 0 aromatic heterocycles. The topological polar surface area (TPSA) is 68.8 Å². The molecule has 2 aliphatic heterocycles. The van der Waals surface area contributed by atoms with Crippen LogP contribution in [-0.4, -0.2) is 43.9 Å². The summed E-state index contributed by atoms with van der Waals surface area (Å²) in [6.07, 6.45) is -4.09. The number of halogens is 3. The molecular weight excluding hydrogens is 425 g/mol. The molecule has 2 saturated heterocycles. The highest BCUT2D eigenvalue weighted by Gasteiger charge is 2.53. The van der Waals surface area contributed by atoms with E-state index >= 15 is 0 Å². The number of carbonyl (C=O) groups excluding carboxylic acids is 1. The number of esters is 1. The van der Waals surface area contributed by atoms with Crippen molar-refractivity contribution in [2.45, 2.75) is 43.1 Å². The van der Waals surface area contributed by atoms with Gasteiger partial charge in [0.05, 0.1) is 18.2 Å². The molecule has 9 heteroatoms. The molecule has 0 radical (unpaired) electrons. The minimum atomic E-state index is -5.14. The zero-order valence-electron chi connectivity index (χ0n) is 17.3. The summed E-state index contributed by atoms with van der Waals surface area (Å²) in [5, 5.41) is 6.20. The van der Waals surface area contributed by atoms with Crippen LogP contribution < -0.4 is 10.6 Å². The Kier molecular flexibility index (Phi) is 6.80. The zero-order valence-corrected chi connectivity index (χ0v) is 17.3. The normalized spacial score (nSPS) is 26.7. The Balaban J connectivity index is 1.65. The minimum Gasteiger partial charge on any atom is -0.421 e.